The molecule has 2 aromatic rings. The summed E-state index contributed by atoms with van der Waals surface area (Å²) >= 11 is 0. The number of carbonyl (C=O) groups is 1. The highest BCUT2D eigenvalue weighted by molar-refractivity contribution is 6.06. The van der Waals surface area contributed by atoms with Crippen LogP contribution in [-0.2, 0) is 5.54 Å². The number of nitrogens with zero attached hydrogens (tertiary/aromatic N) is 3. The first-order valence-electron chi connectivity index (χ1n) is 8.69. The summed E-state index contributed by atoms with van der Waals surface area (Å²) in [5, 5.41) is 4.62. The van der Waals surface area contributed by atoms with Gasteiger partial charge in [-0.1, -0.05) is 0 Å². The van der Waals surface area contributed by atoms with Crippen LogP contribution >= 0.6 is 0 Å². The Balaban J connectivity index is 1.71. The van der Waals surface area contributed by atoms with Gasteiger partial charge in [0.05, 0.1) is 17.8 Å². The topological polar surface area (TPSA) is 47.4 Å². The van der Waals surface area contributed by atoms with Gasteiger partial charge in [-0.25, -0.2) is 4.39 Å². The van der Waals surface area contributed by atoms with E-state index in [2.05, 4.69) is 25.9 Å². The Morgan fingerprint density at radius 3 is 2.72 bits per heavy atom. The number of anilines is 1. The summed E-state index contributed by atoms with van der Waals surface area (Å²) in [5.74, 6) is 0.360. The van der Waals surface area contributed by atoms with Crippen molar-refractivity contribution in [3.8, 4) is 5.75 Å². The van der Waals surface area contributed by atoms with E-state index in [4.69, 9.17) is 4.74 Å². The number of carbonyl (C=O) groups excluding carboxylic acids is 1. The zero-order chi connectivity index (χ0) is 17.8. The van der Waals surface area contributed by atoms with Gasteiger partial charge in [-0.2, -0.15) is 5.10 Å². The van der Waals surface area contributed by atoms with E-state index in [0.717, 1.165) is 18.5 Å². The average molecular weight is 343 g/mol. The van der Waals surface area contributed by atoms with Crippen LogP contribution in [0.15, 0.2) is 24.3 Å². The van der Waals surface area contributed by atoms with Crippen LogP contribution in [-0.4, -0.2) is 28.8 Å². The lowest BCUT2D eigenvalue weighted by Crippen LogP contribution is -2.38. The molecule has 1 fully saturated rings. The zero-order valence-electron chi connectivity index (χ0n) is 14.8. The molecule has 2 heterocycles. The molecule has 2 aliphatic rings. The number of amides is 1. The van der Waals surface area contributed by atoms with Crippen LogP contribution in [0.4, 0.5) is 10.1 Å². The van der Waals surface area contributed by atoms with Gasteiger partial charge in [0, 0.05) is 17.7 Å². The van der Waals surface area contributed by atoms with Gasteiger partial charge in [-0.15, -0.1) is 0 Å². The second kappa shape index (κ2) is 5.58. The quantitative estimate of drug-likeness (QED) is 0.835. The van der Waals surface area contributed by atoms with E-state index in [1.165, 1.54) is 12.1 Å². The molecule has 1 amide bonds. The molecule has 1 saturated carbocycles. The van der Waals surface area contributed by atoms with Crippen LogP contribution in [0.1, 0.15) is 55.7 Å². The molecule has 0 atom stereocenters. The van der Waals surface area contributed by atoms with Crippen LogP contribution in [0, 0.1) is 5.82 Å². The predicted molar refractivity (Wildman–Crippen MR) is 92.8 cm³/mol. The number of hydrogen-bond donors (Lipinski definition) is 0. The van der Waals surface area contributed by atoms with Gasteiger partial charge in [-0.05, 0) is 51.8 Å². The molecule has 1 aliphatic heterocycles. The third-order valence-corrected chi connectivity index (χ3v) is 4.62. The molecule has 4 rings (SSSR count). The molecule has 1 aromatic heterocycles. The van der Waals surface area contributed by atoms with Crippen LogP contribution in [0.5, 0.6) is 5.75 Å². The van der Waals surface area contributed by atoms with Crippen molar-refractivity contribution in [1.82, 2.24) is 9.78 Å². The van der Waals surface area contributed by atoms with Crippen molar-refractivity contribution in [1.29, 1.82) is 0 Å². The molecule has 0 bridgehead atoms. The number of halogens is 1. The van der Waals surface area contributed by atoms with Crippen LogP contribution in [0.3, 0.4) is 0 Å². The normalized spacial score (nSPS) is 17.2. The highest BCUT2D eigenvalue weighted by Crippen LogP contribution is 2.42. The molecule has 0 unspecified atom stereocenters. The minimum absolute atomic E-state index is 0.166. The van der Waals surface area contributed by atoms with E-state index in [1.54, 1.807) is 11.0 Å². The number of aromatic nitrogens is 2. The van der Waals surface area contributed by atoms with Crippen LogP contribution in [0.25, 0.3) is 0 Å². The maximum Gasteiger partial charge on any atom is 0.279 e. The summed E-state index contributed by atoms with van der Waals surface area (Å²) in [7, 11) is 0. The van der Waals surface area contributed by atoms with Gasteiger partial charge in [0.2, 0.25) is 0 Å². The van der Waals surface area contributed by atoms with E-state index in [-0.39, 0.29) is 17.3 Å². The van der Waals surface area contributed by atoms with E-state index in [9.17, 15) is 9.18 Å². The standard InChI is InChI=1S/C19H22FN3O2/c1-19(2,3)23-16(12-4-5-12)11-14(21-23)18(24)22-8-9-25-17-10-13(20)6-7-15(17)22/h6-7,10-12H,4-5,8-9H2,1-3H3. The molecule has 0 radical (unpaired) electrons. The predicted octanol–water partition coefficient (Wildman–Crippen LogP) is 3.69. The fraction of sp³-hybridized carbons (Fsp3) is 0.474. The molecule has 0 saturated heterocycles. The molecule has 6 heteroatoms. The molecule has 1 aromatic carbocycles. The first-order chi connectivity index (χ1) is 11.8. The maximum atomic E-state index is 13.4. The molecular weight excluding hydrogens is 321 g/mol. The molecular formula is C19H22FN3O2. The highest BCUT2D eigenvalue weighted by Gasteiger charge is 2.34. The average Bonchev–Trinajstić information content (AvgIpc) is 3.30. The summed E-state index contributed by atoms with van der Waals surface area (Å²) < 4.78 is 20.9. The lowest BCUT2D eigenvalue weighted by molar-refractivity contribution is 0.0970. The van der Waals surface area contributed by atoms with E-state index in [1.807, 2.05) is 10.7 Å². The fourth-order valence-electron chi connectivity index (χ4n) is 3.25. The third kappa shape index (κ3) is 2.90. The Bertz CT molecular complexity index is 834. The van der Waals surface area contributed by atoms with Gasteiger partial charge < -0.3 is 9.64 Å². The number of rotatable bonds is 2. The van der Waals surface area contributed by atoms with Gasteiger partial charge >= 0.3 is 0 Å². The first-order valence-corrected chi connectivity index (χ1v) is 8.69. The molecule has 25 heavy (non-hydrogen) atoms. The van der Waals surface area contributed by atoms with Crippen molar-refractivity contribution >= 4 is 11.6 Å². The molecule has 0 N–H and O–H groups in total. The monoisotopic (exact) mass is 343 g/mol. The van der Waals surface area contributed by atoms with Crippen molar-refractivity contribution < 1.29 is 13.9 Å². The molecule has 0 spiro atoms. The third-order valence-electron chi connectivity index (χ3n) is 4.62. The second-order valence-electron chi connectivity index (χ2n) is 7.73. The summed E-state index contributed by atoms with van der Waals surface area (Å²) in [6, 6.07) is 6.17. The van der Waals surface area contributed by atoms with Crippen molar-refractivity contribution in [2.24, 2.45) is 0 Å². The SMILES string of the molecule is CC(C)(C)n1nc(C(=O)N2CCOc3cc(F)ccc32)cc1C1CC1. The van der Waals surface area contributed by atoms with Gasteiger partial charge in [0.25, 0.3) is 5.91 Å². The lowest BCUT2D eigenvalue weighted by Gasteiger charge is -2.29. The number of hydrogen-bond acceptors (Lipinski definition) is 3. The Kier molecular flexibility index (Phi) is 3.60. The Morgan fingerprint density at radius 1 is 1.28 bits per heavy atom. The first kappa shape index (κ1) is 16.1. The highest BCUT2D eigenvalue weighted by atomic mass is 19.1. The minimum Gasteiger partial charge on any atom is -0.489 e. The second-order valence-corrected chi connectivity index (χ2v) is 7.73. The smallest absolute Gasteiger partial charge is 0.279 e. The van der Waals surface area contributed by atoms with Crippen LogP contribution < -0.4 is 9.64 Å². The fourth-order valence-corrected chi connectivity index (χ4v) is 3.25. The largest absolute Gasteiger partial charge is 0.489 e. The summed E-state index contributed by atoms with van der Waals surface area (Å²) in [5.41, 5.74) is 1.98. The zero-order valence-corrected chi connectivity index (χ0v) is 14.8. The summed E-state index contributed by atoms with van der Waals surface area (Å²) in [6.45, 7) is 7.04. The van der Waals surface area contributed by atoms with Gasteiger partial charge in [0.15, 0.2) is 5.69 Å². The summed E-state index contributed by atoms with van der Waals surface area (Å²) in [4.78, 5) is 14.7. The van der Waals surface area contributed by atoms with Gasteiger partial charge in [-0.3, -0.25) is 9.48 Å². The van der Waals surface area contributed by atoms with E-state index >= 15 is 0 Å². The van der Waals surface area contributed by atoms with Gasteiger partial charge in [0.1, 0.15) is 18.2 Å². The Hall–Kier alpha value is -2.37. The number of benzene rings is 1. The molecule has 5 nitrogen and oxygen atoms in total. The van der Waals surface area contributed by atoms with E-state index in [0.29, 0.717) is 36.2 Å². The Morgan fingerprint density at radius 2 is 2.04 bits per heavy atom. The Labute approximate surface area is 146 Å². The number of ether oxygens (including phenoxy) is 1. The summed E-state index contributed by atoms with van der Waals surface area (Å²) in [6.07, 6.45) is 2.30. The minimum atomic E-state index is -0.374. The van der Waals surface area contributed by atoms with E-state index < -0.39 is 0 Å². The lowest BCUT2D eigenvalue weighted by atomic mass is 10.1. The maximum absolute atomic E-state index is 13.4. The van der Waals surface area contributed by atoms with Crippen molar-refractivity contribution in [2.45, 2.75) is 45.1 Å². The number of fused-ring (bicyclic) bond motifs is 1. The van der Waals surface area contributed by atoms with Crippen molar-refractivity contribution in [3.05, 3.63) is 41.5 Å². The molecule has 1 aliphatic carbocycles. The molecule has 132 valence electrons. The van der Waals surface area contributed by atoms with Crippen molar-refractivity contribution in [2.75, 3.05) is 18.1 Å². The van der Waals surface area contributed by atoms with Crippen LogP contribution in [0.2, 0.25) is 0 Å². The van der Waals surface area contributed by atoms with Crippen molar-refractivity contribution in [3.63, 3.8) is 0 Å².